The van der Waals surface area contributed by atoms with E-state index in [-0.39, 0.29) is 12.5 Å². The van der Waals surface area contributed by atoms with Crippen LogP contribution in [0.25, 0.3) is 5.52 Å². The lowest BCUT2D eigenvalue weighted by atomic mass is 10.1. The zero-order valence-corrected chi connectivity index (χ0v) is 13.9. The minimum absolute atomic E-state index is 0.0318. The van der Waals surface area contributed by atoms with E-state index in [9.17, 15) is 4.79 Å². The average molecular weight is 315 g/mol. The Morgan fingerprint density at radius 2 is 2.26 bits per heavy atom. The molecule has 0 radical (unpaired) electrons. The molecule has 1 fully saturated rings. The zero-order chi connectivity index (χ0) is 16.4. The largest absolute Gasteiger partial charge is 0.396 e. The highest BCUT2D eigenvalue weighted by Crippen LogP contribution is 2.39. The Morgan fingerprint density at radius 1 is 1.48 bits per heavy atom. The molecule has 3 rings (SSSR count). The normalized spacial score (nSPS) is 15.8. The summed E-state index contributed by atoms with van der Waals surface area (Å²) >= 11 is 0. The van der Waals surface area contributed by atoms with E-state index in [0.29, 0.717) is 23.9 Å². The second kappa shape index (κ2) is 6.71. The monoisotopic (exact) mass is 315 g/mol. The predicted octanol–water partition coefficient (Wildman–Crippen LogP) is 2.66. The minimum Gasteiger partial charge on any atom is -0.396 e. The van der Waals surface area contributed by atoms with Gasteiger partial charge in [0.1, 0.15) is 5.82 Å². The van der Waals surface area contributed by atoms with Gasteiger partial charge in [0.05, 0.1) is 17.3 Å². The van der Waals surface area contributed by atoms with Crippen molar-refractivity contribution < 1.29 is 9.90 Å². The third kappa shape index (κ3) is 3.39. The zero-order valence-electron chi connectivity index (χ0n) is 13.9. The first-order valence-corrected chi connectivity index (χ1v) is 8.47. The Morgan fingerprint density at radius 3 is 2.96 bits per heavy atom. The highest BCUT2D eigenvalue weighted by atomic mass is 16.2. The van der Waals surface area contributed by atoms with Gasteiger partial charge in [-0.05, 0) is 50.7 Å². The molecular weight excluding hydrogens is 290 g/mol. The lowest BCUT2D eigenvalue weighted by Crippen LogP contribution is -2.29. The standard InChI is InChI=1S/C18H25N3O2/c1-12(4-3-9-22)10-20-18(23)16-8-7-15-11-19-17(14-5-6-14)21(15)13(16)2/h7-8,11-12,14,22H,3-6,9-10H2,1-2H3,(H,20,23). The lowest BCUT2D eigenvalue weighted by Gasteiger charge is -2.14. The Kier molecular flexibility index (Phi) is 4.66. The third-order valence-corrected chi connectivity index (χ3v) is 4.62. The van der Waals surface area contributed by atoms with Gasteiger partial charge in [0.2, 0.25) is 0 Å². The van der Waals surface area contributed by atoms with Gasteiger partial charge in [-0.1, -0.05) is 6.92 Å². The fourth-order valence-corrected chi connectivity index (χ4v) is 3.05. The van der Waals surface area contributed by atoms with E-state index in [4.69, 9.17) is 5.11 Å². The van der Waals surface area contributed by atoms with Crippen LogP contribution in [0.4, 0.5) is 0 Å². The first-order chi connectivity index (χ1) is 11.1. The minimum atomic E-state index is -0.0318. The van der Waals surface area contributed by atoms with Gasteiger partial charge in [-0.2, -0.15) is 0 Å². The molecular formula is C18H25N3O2. The van der Waals surface area contributed by atoms with Gasteiger partial charge in [-0.25, -0.2) is 4.98 Å². The number of rotatable bonds is 7. The van der Waals surface area contributed by atoms with Gasteiger partial charge >= 0.3 is 0 Å². The highest BCUT2D eigenvalue weighted by Gasteiger charge is 2.28. The van der Waals surface area contributed by atoms with Crippen LogP contribution in [0.15, 0.2) is 18.3 Å². The van der Waals surface area contributed by atoms with E-state index in [1.165, 1.54) is 12.8 Å². The van der Waals surface area contributed by atoms with Gasteiger partial charge in [-0.3, -0.25) is 9.20 Å². The first kappa shape index (κ1) is 16.0. The maximum Gasteiger partial charge on any atom is 0.253 e. The molecule has 1 aliphatic rings. The second-order valence-corrected chi connectivity index (χ2v) is 6.66. The van der Waals surface area contributed by atoms with E-state index in [0.717, 1.165) is 29.9 Å². The number of aliphatic hydroxyl groups is 1. The fraction of sp³-hybridized carbons (Fsp3) is 0.556. The first-order valence-electron chi connectivity index (χ1n) is 8.47. The third-order valence-electron chi connectivity index (χ3n) is 4.62. The van der Waals surface area contributed by atoms with Crippen LogP contribution in [0.1, 0.15) is 60.4 Å². The number of aromatic nitrogens is 2. The summed E-state index contributed by atoms with van der Waals surface area (Å²) in [5.74, 6) is 1.97. The number of nitrogens with zero attached hydrogens (tertiary/aromatic N) is 2. The Labute approximate surface area is 136 Å². The fourth-order valence-electron chi connectivity index (χ4n) is 3.05. The summed E-state index contributed by atoms with van der Waals surface area (Å²) < 4.78 is 2.13. The molecule has 1 saturated carbocycles. The molecule has 0 aromatic carbocycles. The number of nitrogens with one attached hydrogen (secondary N) is 1. The number of pyridine rings is 1. The van der Waals surface area contributed by atoms with Gasteiger partial charge in [0.25, 0.3) is 5.91 Å². The molecule has 1 aliphatic carbocycles. The van der Waals surface area contributed by atoms with Crippen LogP contribution >= 0.6 is 0 Å². The maximum atomic E-state index is 12.5. The van der Waals surface area contributed by atoms with Crippen molar-refractivity contribution >= 4 is 11.4 Å². The van der Waals surface area contributed by atoms with Crippen molar-refractivity contribution in [2.75, 3.05) is 13.2 Å². The van der Waals surface area contributed by atoms with E-state index < -0.39 is 0 Å². The summed E-state index contributed by atoms with van der Waals surface area (Å²) in [5.41, 5.74) is 2.73. The van der Waals surface area contributed by atoms with Crippen molar-refractivity contribution in [3.05, 3.63) is 35.4 Å². The number of imidazole rings is 1. The second-order valence-electron chi connectivity index (χ2n) is 6.66. The summed E-state index contributed by atoms with van der Waals surface area (Å²) in [5, 5.41) is 11.9. The molecule has 1 unspecified atom stereocenters. The summed E-state index contributed by atoms with van der Waals surface area (Å²) in [7, 11) is 0. The van der Waals surface area contributed by atoms with Gasteiger partial charge < -0.3 is 10.4 Å². The Hall–Kier alpha value is -1.88. The molecule has 1 atom stereocenters. The molecule has 2 heterocycles. The Balaban J connectivity index is 1.75. The number of aryl methyl sites for hydroxylation is 1. The molecule has 0 aliphatic heterocycles. The number of carbonyl (C=O) groups excluding carboxylic acids is 1. The van der Waals surface area contributed by atoms with Gasteiger partial charge in [-0.15, -0.1) is 0 Å². The summed E-state index contributed by atoms with van der Waals surface area (Å²) in [6.07, 6.45) is 5.97. The number of fused-ring (bicyclic) bond motifs is 1. The molecule has 0 spiro atoms. The van der Waals surface area contributed by atoms with Crippen molar-refractivity contribution in [1.82, 2.24) is 14.7 Å². The average Bonchev–Trinajstić information content (AvgIpc) is 3.30. The summed E-state index contributed by atoms with van der Waals surface area (Å²) in [6.45, 7) is 4.92. The van der Waals surface area contributed by atoms with E-state index in [1.807, 2.05) is 25.3 Å². The molecule has 2 aromatic rings. The number of hydrogen-bond donors (Lipinski definition) is 2. The number of aliphatic hydroxyl groups excluding tert-OH is 1. The van der Waals surface area contributed by atoms with Crippen molar-refractivity contribution in [2.24, 2.45) is 5.92 Å². The van der Waals surface area contributed by atoms with Crippen LogP contribution in [0.3, 0.4) is 0 Å². The molecule has 1 amide bonds. The van der Waals surface area contributed by atoms with Crippen LogP contribution in [-0.2, 0) is 0 Å². The van der Waals surface area contributed by atoms with E-state index >= 15 is 0 Å². The van der Waals surface area contributed by atoms with Crippen LogP contribution in [0.2, 0.25) is 0 Å². The topological polar surface area (TPSA) is 66.6 Å². The lowest BCUT2D eigenvalue weighted by molar-refractivity contribution is 0.0946. The van der Waals surface area contributed by atoms with Crippen molar-refractivity contribution in [3.63, 3.8) is 0 Å². The van der Waals surface area contributed by atoms with Gasteiger partial charge in [0.15, 0.2) is 0 Å². The quantitative estimate of drug-likeness (QED) is 0.825. The molecule has 124 valence electrons. The van der Waals surface area contributed by atoms with E-state index in [2.05, 4.69) is 21.6 Å². The molecule has 5 nitrogen and oxygen atoms in total. The summed E-state index contributed by atoms with van der Waals surface area (Å²) in [6, 6.07) is 3.85. The SMILES string of the molecule is Cc1c(C(=O)NCC(C)CCCO)ccc2cnc(C3CC3)n12. The Bertz CT molecular complexity index is 704. The molecule has 5 heteroatoms. The maximum absolute atomic E-state index is 12.5. The summed E-state index contributed by atoms with van der Waals surface area (Å²) in [4.78, 5) is 17.0. The van der Waals surface area contributed by atoms with Crippen molar-refractivity contribution in [1.29, 1.82) is 0 Å². The van der Waals surface area contributed by atoms with Gasteiger partial charge in [0, 0.05) is 24.8 Å². The molecule has 23 heavy (non-hydrogen) atoms. The number of hydrogen-bond acceptors (Lipinski definition) is 3. The van der Waals surface area contributed by atoms with Crippen LogP contribution in [0, 0.1) is 12.8 Å². The van der Waals surface area contributed by atoms with Crippen molar-refractivity contribution in [2.45, 2.75) is 45.4 Å². The number of amides is 1. The molecule has 0 bridgehead atoms. The molecule has 0 saturated heterocycles. The van der Waals surface area contributed by atoms with Crippen LogP contribution in [0.5, 0.6) is 0 Å². The van der Waals surface area contributed by atoms with Crippen LogP contribution < -0.4 is 5.32 Å². The smallest absolute Gasteiger partial charge is 0.253 e. The number of carbonyl (C=O) groups is 1. The predicted molar refractivity (Wildman–Crippen MR) is 89.7 cm³/mol. The molecule has 2 N–H and O–H groups in total. The molecule has 2 aromatic heterocycles. The highest BCUT2D eigenvalue weighted by molar-refractivity contribution is 5.95. The van der Waals surface area contributed by atoms with Crippen LogP contribution in [-0.4, -0.2) is 33.6 Å². The van der Waals surface area contributed by atoms with E-state index in [1.54, 1.807) is 0 Å². The van der Waals surface area contributed by atoms with Crippen molar-refractivity contribution in [3.8, 4) is 0 Å².